The minimum Gasteiger partial charge on any atom is -0.497 e. The largest absolute Gasteiger partial charge is 0.497 e. The normalized spacial score (nSPS) is 11.9. The van der Waals surface area contributed by atoms with Crippen LogP contribution in [0.1, 0.15) is 35.5 Å². The van der Waals surface area contributed by atoms with Gasteiger partial charge in [0.2, 0.25) is 0 Å². The molecule has 0 fully saturated rings. The molecule has 19 heavy (non-hydrogen) atoms. The molecule has 0 saturated carbocycles. The zero-order valence-electron chi connectivity index (χ0n) is 11.1. The highest BCUT2D eigenvalue weighted by Gasteiger charge is 2.15. The fourth-order valence-electron chi connectivity index (χ4n) is 1.89. The van der Waals surface area contributed by atoms with Crippen LogP contribution in [0.2, 0.25) is 0 Å². The third-order valence-corrected chi connectivity index (χ3v) is 2.98. The average Bonchev–Trinajstić information content (AvgIpc) is 2.99. The summed E-state index contributed by atoms with van der Waals surface area (Å²) in [7, 11) is 1.63. The van der Waals surface area contributed by atoms with Crippen molar-refractivity contribution in [3.8, 4) is 5.75 Å². The van der Waals surface area contributed by atoms with Crippen LogP contribution in [0.4, 0.5) is 0 Å². The Kier molecular flexibility index (Phi) is 4.23. The van der Waals surface area contributed by atoms with Crippen molar-refractivity contribution in [3.05, 3.63) is 54.0 Å². The van der Waals surface area contributed by atoms with Crippen molar-refractivity contribution in [2.75, 3.05) is 7.11 Å². The van der Waals surface area contributed by atoms with E-state index >= 15 is 0 Å². The first-order chi connectivity index (χ1) is 9.24. The Hall–Kier alpha value is -2.23. The maximum Gasteiger partial charge on any atom is 0.287 e. The molecule has 0 radical (unpaired) electrons. The van der Waals surface area contributed by atoms with E-state index in [1.54, 1.807) is 19.2 Å². The van der Waals surface area contributed by atoms with Crippen LogP contribution in [0, 0.1) is 0 Å². The molecule has 4 heteroatoms. The molecule has 0 aliphatic heterocycles. The predicted molar refractivity (Wildman–Crippen MR) is 72.2 cm³/mol. The van der Waals surface area contributed by atoms with Crippen LogP contribution in [0.25, 0.3) is 0 Å². The van der Waals surface area contributed by atoms with Crippen molar-refractivity contribution in [1.29, 1.82) is 0 Å². The summed E-state index contributed by atoms with van der Waals surface area (Å²) in [5, 5.41) is 2.95. The van der Waals surface area contributed by atoms with Crippen LogP contribution in [0.3, 0.4) is 0 Å². The number of benzene rings is 1. The number of carbonyl (C=O) groups is 1. The second-order valence-electron chi connectivity index (χ2n) is 4.18. The molecule has 0 spiro atoms. The molecule has 0 bridgehead atoms. The number of rotatable bonds is 5. The lowest BCUT2D eigenvalue weighted by molar-refractivity contribution is 0.0907. The number of hydrogen-bond donors (Lipinski definition) is 1. The zero-order chi connectivity index (χ0) is 13.7. The second-order valence-corrected chi connectivity index (χ2v) is 4.18. The highest BCUT2D eigenvalue weighted by Crippen LogP contribution is 2.20. The number of hydrogen-bond acceptors (Lipinski definition) is 3. The van der Waals surface area contributed by atoms with E-state index in [1.807, 2.05) is 31.2 Å². The molecule has 1 heterocycles. The van der Waals surface area contributed by atoms with Crippen molar-refractivity contribution < 1.29 is 13.9 Å². The fraction of sp³-hybridized carbons (Fsp3) is 0.267. The highest BCUT2D eigenvalue weighted by atomic mass is 16.5. The lowest BCUT2D eigenvalue weighted by atomic mass is 10.0. The van der Waals surface area contributed by atoms with Gasteiger partial charge in [0.1, 0.15) is 5.75 Å². The first-order valence-electron chi connectivity index (χ1n) is 6.23. The van der Waals surface area contributed by atoms with Crippen molar-refractivity contribution in [2.45, 2.75) is 19.4 Å². The van der Waals surface area contributed by atoms with Gasteiger partial charge in [0.15, 0.2) is 5.76 Å². The molecule has 0 unspecified atom stereocenters. The van der Waals surface area contributed by atoms with Crippen molar-refractivity contribution in [1.82, 2.24) is 5.32 Å². The van der Waals surface area contributed by atoms with Crippen molar-refractivity contribution >= 4 is 5.91 Å². The van der Waals surface area contributed by atoms with Gasteiger partial charge in [0.05, 0.1) is 19.4 Å². The van der Waals surface area contributed by atoms with E-state index < -0.39 is 0 Å². The highest BCUT2D eigenvalue weighted by molar-refractivity contribution is 5.91. The molecule has 0 aliphatic rings. The van der Waals surface area contributed by atoms with Crippen LogP contribution >= 0.6 is 0 Å². The second kappa shape index (κ2) is 6.09. The molecular weight excluding hydrogens is 242 g/mol. The standard InChI is InChI=1S/C15H17NO3/c1-3-13(11-6-8-12(18-2)9-7-11)16-15(17)14-5-4-10-19-14/h4-10,13H,3H2,1-2H3,(H,16,17)/t13-/m0/s1. The van der Waals surface area contributed by atoms with Crippen LogP contribution in [0.5, 0.6) is 5.75 Å². The summed E-state index contributed by atoms with van der Waals surface area (Å²) >= 11 is 0. The van der Waals surface area contributed by atoms with E-state index in [9.17, 15) is 4.79 Å². The number of methoxy groups -OCH3 is 1. The quantitative estimate of drug-likeness (QED) is 0.897. The topological polar surface area (TPSA) is 51.5 Å². The summed E-state index contributed by atoms with van der Waals surface area (Å²) < 4.78 is 10.2. The molecular formula is C15H17NO3. The van der Waals surface area contributed by atoms with E-state index in [4.69, 9.17) is 9.15 Å². The maximum atomic E-state index is 11.9. The Bertz CT molecular complexity index is 517. The van der Waals surface area contributed by atoms with Crippen LogP contribution in [-0.4, -0.2) is 13.0 Å². The average molecular weight is 259 g/mol. The summed E-state index contributed by atoms with van der Waals surface area (Å²) in [4.78, 5) is 11.9. The summed E-state index contributed by atoms with van der Waals surface area (Å²) in [5.41, 5.74) is 1.04. The van der Waals surface area contributed by atoms with E-state index in [0.29, 0.717) is 5.76 Å². The molecule has 2 rings (SSSR count). The van der Waals surface area contributed by atoms with Gasteiger partial charge in [-0.05, 0) is 36.2 Å². The van der Waals surface area contributed by atoms with Gasteiger partial charge in [-0.25, -0.2) is 0 Å². The molecule has 0 saturated heterocycles. The fourth-order valence-corrected chi connectivity index (χ4v) is 1.89. The number of ether oxygens (including phenoxy) is 1. The van der Waals surface area contributed by atoms with Gasteiger partial charge in [-0.3, -0.25) is 4.79 Å². The summed E-state index contributed by atoms with van der Waals surface area (Å²) in [6, 6.07) is 11.0. The third-order valence-electron chi connectivity index (χ3n) is 2.98. The van der Waals surface area contributed by atoms with Crippen LogP contribution < -0.4 is 10.1 Å². The number of amides is 1. The number of furan rings is 1. The van der Waals surface area contributed by atoms with Gasteiger partial charge in [-0.15, -0.1) is 0 Å². The van der Waals surface area contributed by atoms with Gasteiger partial charge in [0.25, 0.3) is 5.91 Å². The van der Waals surface area contributed by atoms with Crippen LogP contribution in [0.15, 0.2) is 47.1 Å². The van der Waals surface area contributed by atoms with Gasteiger partial charge in [-0.1, -0.05) is 19.1 Å². The molecule has 2 aromatic rings. The Morgan fingerprint density at radius 3 is 2.58 bits per heavy atom. The third kappa shape index (κ3) is 3.16. The van der Waals surface area contributed by atoms with E-state index in [0.717, 1.165) is 17.7 Å². The van der Waals surface area contributed by atoms with E-state index in [-0.39, 0.29) is 11.9 Å². The lowest BCUT2D eigenvalue weighted by Crippen LogP contribution is -2.27. The lowest BCUT2D eigenvalue weighted by Gasteiger charge is -2.17. The van der Waals surface area contributed by atoms with Gasteiger partial charge in [-0.2, -0.15) is 0 Å². The molecule has 1 N–H and O–H groups in total. The van der Waals surface area contributed by atoms with Gasteiger partial charge < -0.3 is 14.5 Å². The van der Waals surface area contributed by atoms with Crippen molar-refractivity contribution in [2.24, 2.45) is 0 Å². The molecule has 1 amide bonds. The minimum absolute atomic E-state index is 0.0384. The maximum absolute atomic E-state index is 11.9. The zero-order valence-corrected chi connectivity index (χ0v) is 11.1. The number of carbonyl (C=O) groups excluding carboxylic acids is 1. The molecule has 4 nitrogen and oxygen atoms in total. The van der Waals surface area contributed by atoms with Crippen LogP contribution in [-0.2, 0) is 0 Å². The molecule has 1 aromatic heterocycles. The molecule has 0 aliphatic carbocycles. The Balaban J connectivity index is 2.09. The van der Waals surface area contributed by atoms with Gasteiger partial charge in [0, 0.05) is 0 Å². The SMILES string of the molecule is CC[C@H](NC(=O)c1ccco1)c1ccc(OC)cc1. The summed E-state index contributed by atoms with van der Waals surface area (Å²) in [6.45, 7) is 2.03. The monoisotopic (exact) mass is 259 g/mol. The first-order valence-corrected chi connectivity index (χ1v) is 6.23. The smallest absolute Gasteiger partial charge is 0.287 e. The Morgan fingerprint density at radius 2 is 2.05 bits per heavy atom. The summed E-state index contributed by atoms with van der Waals surface area (Å²) in [5.74, 6) is 0.926. The number of nitrogens with one attached hydrogen (secondary N) is 1. The molecule has 1 aromatic carbocycles. The molecule has 1 atom stereocenters. The molecule has 100 valence electrons. The minimum atomic E-state index is -0.201. The van der Waals surface area contributed by atoms with Gasteiger partial charge >= 0.3 is 0 Å². The van der Waals surface area contributed by atoms with E-state index in [1.165, 1.54) is 6.26 Å². The summed E-state index contributed by atoms with van der Waals surface area (Å²) in [6.07, 6.45) is 2.29. The van der Waals surface area contributed by atoms with E-state index in [2.05, 4.69) is 5.32 Å². The Morgan fingerprint density at radius 1 is 1.32 bits per heavy atom. The van der Waals surface area contributed by atoms with Crippen molar-refractivity contribution in [3.63, 3.8) is 0 Å². The predicted octanol–water partition coefficient (Wildman–Crippen LogP) is 3.17. The first kappa shape index (κ1) is 13.2. The Labute approximate surface area is 112 Å².